The van der Waals surface area contributed by atoms with Crippen LogP contribution in [0.1, 0.15) is 65.7 Å². The van der Waals surface area contributed by atoms with Crippen LogP contribution in [0.25, 0.3) is 33.5 Å². The van der Waals surface area contributed by atoms with Crippen LogP contribution in [-0.2, 0) is 6.54 Å². The van der Waals surface area contributed by atoms with Gasteiger partial charge in [0.15, 0.2) is 5.82 Å². The summed E-state index contributed by atoms with van der Waals surface area (Å²) in [6.07, 6.45) is 8.41. The average molecular weight is 564 g/mol. The molecule has 0 spiro atoms. The van der Waals surface area contributed by atoms with Gasteiger partial charge in [-0.2, -0.15) is 5.10 Å². The quantitative estimate of drug-likeness (QED) is 0.166. The summed E-state index contributed by atoms with van der Waals surface area (Å²) in [5.41, 5.74) is 6.70. The van der Waals surface area contributed by atoms with Crippen LogP contribution in [0.3, 0.4) is 0 Å². The van der Waals surface area contributed by atoms with Gasteiger partial charge in [0.25, 0.3) is 5.91 Å². The number of hydrogen-bond acceptors (Lipinski definition) is 6. The lowest BCUT2D eigenvalue weighted by atomic mass is 9.76. The number of H-pyrrole nitrogens is 2. The summed E-state index contributed by atoms with van der Waals surface area (Å²) >= 11 is 0. The van der Waals surface area contributed by atoms with Crippen LogP contribution < -0.4 is 10.6 Å². The Balaban J connectivity index is 1.14. The summed E-state index contributed by atoms with van der Waals surface area (Å²) in [6.45, 7) is 6.08. The third-order valence-corrected chi connectivity index (χ3v) is 8.57. The molecule has 1 aliphatic rings. The number of rotatable bonds is 9. The monoisotopic (exact) mass is 563 g/mol. The maximum atomic E-state index is 13.0. The first-order chi connectivity index (χ1) is 20.4. The Morgan fingerprint density at radius 3 is 2.69 bits per heavy atom. The number of fused-ring (bicyclic) bond motifs is 1. The van der Waals surface area contributed by atoms with Gasteiger partial charge in [0, 0.05) is 36.4 Å². The smallest absolute Gasteiger partial charge is 0.269 e. The number of imidazole rings is 1. The summed E-state index contributed by atoms with van der Waals surface area (Å²) in [5.74, 6) is 0.650. The van der Waals surface area contributed by atoms with Crippen LogP contribution in [0.4, 0.5) is 0 Å². The van der Waals surface area contributed by atoms with Crippen LogP contribution in [0, 0.1) is 6.92 Å². The Labute approximate surface area is 245 Å². The summed E-state index contributed by atoms with van der Waals surface area (Å²) in [6, 6.07) is 16.6. The van der Waals surface area contributed by atoms with E-state index in [-0.39, 0.29) is 12.5 Å². The zero-order chi connectivity index (χ0) is 29.1. The molecule has 5 aromatic rings. The summed E-state index contributed by atoms with van der Waals surface area (Å²) < 4.78 is 0. The number of benzene rings is 2. The lowest BCUT2D eigenvalue weighted by Gasteiger charge is -2.36. The number of aromatic amines is 2. The molecular formula is C33H37N7O2. The van der Waals surface area contributed by atoms with E-state index in [1.54, 1.807) is 0 Å². The second-order valence-corrected chi connectivity index (χ2v) is 11.3. The molecule has 3 aromatic heterocycles. The molecule has 3 heterocycles. The maximum Gasteiger partial charge on any atom is 0.269 e. The predicted molar refractivity (Wildman–Crippen MR) is 164 cm³/mol. The van der Waals surface area contributed by atoms with Crippen LogP contribution in [0.15, 0.2) is 67.1 Å². The first-order valence-electron chi connectivity index (χ1n) is 14.7. The normalized spacial score (nSPS) is 18.8. The molecule has 0 atom stereocenters. The van der Waals surface area contributed by atoms with Crippen molar-refractivity contribution in [3.63, 3.8) is 0 Å². The third-order valence-electron chi connectivity index (χ3n) is 8.57. The summed E-state index contributed by atoms with van der Waals surface area (Å²) in [5, 5.41) is 25.9. The van der Waals surface area contributed by atoms with E-state index >= 15 is 0 Å². The van der Waals surface area contributed by atoms with Crippen LogP contribution in [0.5, 0.6) is 0 Å². The average Bonchev–Trinajstić information content (AvgIpc) is 3.68. The molecule has 1 aliphatic carbocycles. The van der Waals surface area contributed by atoms with E-state index < -0.39 is 5.60 Å². The van der Waals surface area contributed by atoms with Gasteiger partial charge in [0.05, 0.1) is 17.3 Å². The largest absolute Gasteiger partial charge is 0.388 e. The number of carbonyl (C=O) groups excluding carboxylic acids is 1. The minimum Gasteiger partial charge on any atom is -0.388 e. The van der Waals surface area contributed by atoms with Crippen LogP contribution in [0.2, 0.25) is 0 Å². The van der Waals surface area contributed by atoms with Crippen molar-refractivity contribution in [2.45, 2.75) is 57.6 Å². The van der Waals surface area contributed by atoms with Gasteiger partial charge in [-0.05, 0) is 79.5 Å². The van der Waals surface area contributed by atoms with Crippen molar-refractivity contribution < 1.29 is 9.90 Å². The highest BCUT2D eigenvalue weighted by atomic mass is 16.3. The molecule has 9 heteroatoms. The first kappa shape index (κ1) is 27.8. The van der Waals surface area contributed by atoms with Crippen LogP contribution >= 0.6 is 0 Å². The third kappa shape index (κ3) is 5.70. The molecule has 42 heavy (non-hydrogen) atoms. The molecule has 5 N–H and O–H groups in total. The van der Waals surface area contributed by atoms with Crippen molar-refractivity contribution in [2.24, 2.45) is 0 Å². The van der Waals surface area contributed by atoms with Gasteiger partial charge >= 0.3 is 0 Å². The topological polar surface area (TPSA) is 132 Å². The van der Waals surface area contributed by atoms with Crippen molar-refractivity contribution in [1.29, 1.82) is 0 Å². The van der Waals surface area contributed by atoms with Crippen molar-refractivity contribution in [2.75, 3.05) is 13.1 Å². The van der Waals surface area contributed by atoms with Gasteiger partial charge < -0.3 is 20.7 Å². The van der Waals surface area contributed by atoms with Crippen molar-refractivity contribution in [1.82, 2.24) is 35.8 Å². The molecule has 1 amide bonds. The highest BCUT2D eigenvalue weighted by molar-refractivity contribution is 5.96. The van der Waals surface area contributed by atoms with E-state index in [1.807, 2.05) is 24.5 Å². The standard InChI is InChI=1S/C33H37N7O2/c1-3-34-16-25-17-35-18-27(21(25)2)24-9-10-28-26(15-24)30(40-39-28)31-36-19-29(38-31)32(41)37-20-33(42)13-11-23(12-14-33)22-7-5-4-6-8-22/h4-10,15,17-19,23,34,42H,3,11-14,16,20H2,1-2H3,(H,36,38)(H,37,41)(H,39,40). The molecule has 1 saturated carbocycles. The fourth-order valence-electron chi connectivity index (χ4n) is 5.95. The van der Waals surface area contributed by atoms with Crippen molar-refractivity contribution in [3.05, 3.63) is 89.5 Å². The second kappa shape index (κ2) is 11.9. The van der Waals surface area contributed by atoms with Gasteiger partial charge in [-0.15, -0.1) is 0 Å². The Morgan fingerprint density at radius 1 is 1.10 bits per heavy atom. The molecular weight excluding hydrogens is 526 g/mol. The first-order valence-corrected chi connectivity index (χ1v) is 14.7. The van der Waals surface area contributed by atoms with Gasteiger partial charge in [-0.1, -0.05) is 43.3 Å². The van der Waals surface area contributed by atoms with Gasteiger partial charge in [0.2, 0.25) is 0 Å². The molecule has 0 saturated heterocycles. The number of aromatic nitrogens is 5. The van der Waals surface area contributed by atoms with Crippen molar-refractivity contribution in [3.8, 4) is 22.6 Å². The van der Waals surface area contributed by atoms with E-state index in [1.165, 1.54) is 17.3 Å². The number of nitrogens with one attached hydrogen (secondary N) is 4. The highest BCUT2D eigenvalue weighted by Crippen LogP contribution is 2.38. The molecule has 9 nitrogen and oxygen atoms in total. The molecule has 2 aromatic carbocycles. The lowest BCUT2D eigenvalue weighted by Crippen LogP contribution is -2.45. The minimum absolute atomic E-state index is 0.205. The summed E-state index contributed by atoms with van der Waals surface area (Å²) in [4.78, 5) is 25.1. The number of pyridine rings is 1. The number of hydrogen-bond donors (Lipinski definition) is 5. The highest BCUT2D eigenvalue weighted by Gasteiger charge is 2.34. The number of amides is 1. The van der Waals surface area contributed by atoms with Crippen molar-refractivity contribution >= 4 is 16.8 Å². The molecule has 216 valence electrons. The van der Waals surface area contributed by atoms with Gasteiger partial charge in [0.1, 0.15) is 11.4 Å². The minimum atomic E-state index is -0.907. The van der Waals surface area contributed by atoms with E-state index in [0.717, 1.165) is 53.5 Å². The number of carbonyl (C=O) groups is 1. The zero-order valence-corrected chi connectivity index (χ0v) is 24.1. The summed E-state index contributed by atoms with van der Waals surface area (Å²) in [7, 11) is 0. The fourth-order valence-corrected chi connectivity index (χ4v) is 5.95. The SMILES string of the molecule is CCNCc1cncc(-c2ccc3[nH]nc(-c4ncc(C(=O)NCC5(O)CCC(c6ccccc6)CC5)[nH]4)c3c2)c1C. The van der Waals surface area contributed by atoms with E-state index in [2.05, 4.69) is 86.0 Å². The molecule has 0 bridgehead atoms. The van der Waals surface area contributed by atoms with Gasteiger partial charge in [-0.3, -0.25) is 14.9 Å². The maximum absolute atomic E-state index is 13.0. The molecule has 6 rings (SSSR count). The number of nitrogens with zero attached hydrogens (tertiary/aromatic N) is 3. The predicted octanol–water partition coefficient (Wildman–Crippen LogP) is 5.25. The Bertz CT molecular complexity index is 1680. The molecule has 0 unspecified atom stereocenters. The van der Waals surface area contributed by atoms with Crippen LogP contribution in [-0.4, -0.2) is 54.9 Å². The van der Waals surface area contributed by atoms with E-state index in [0.29, 0.717) is 36.0 Å². The fraction of sp³-hybridized carbons (Fsp3) is 0.333. The Hall–Kier alpha value is -4.34. The Morgan fingerprint density at radius 2 is 1.90 bits per heavy atom. The molecule has 0 radical (unpaired) electrons. The molecule has 0 aliphatic heterocycles. The van der Waals surface area contributed by atoms with E-state index in [4.69, 9.17) is 0 Å². The lowest BCUT2D eigenvalue weighted by molar-refractivity contribution is 0.000515. The van der Waals surface area contributed by atoms with E-state index in [9.17, 15) is 9.90 Å². The number of aliphatic hydroxyl groups is 1. The zero-order valence-electron chi connectivity index (χ0n) is 24.1. The van der Waals surface area contributed by atoms with Gasteiger partial charge in [-0.25, -0.2) is 4.98 Å². The molecule has 1 fully saturated rings. The second-order valence-electron chi connectivity index (χ2n) is 11.3. The Kier molecular flexibility index (Phi) is 7.86.